The molecule has 0 radical (unpaired) electrons. The minimum absolute atomic E-state index is 1.20. The number of benzene rings is 7. The van der Waals surface area contributed by atoms with Gasteiger partial charge in [-0.15, -0.1) is 0 Å². The van der Waals surface area contributed by atoms with Crippen molar-refractivity contribution in [3.63, 3.8) is 0 Å². The first-order valence-electron chi connectivity index (χ1n) is 15.2. The Bertz CT molecular complexity index is 1940. The Hall–Kier alpha value is -5.66. The van der Waals surface area contributed by atoms with Crippen molar-refractivity contribution in [3.05, 3.63) is 170 Å². The third-order valence-corrected chi connectivity index (χ3v) is 8.82. The van der Waals surface area contributed by atoms with E-state index in [9.17, 15) is 0 Å². The molecule has 1 nitrogen and oxygen atoms in total. The first-order valence-corrected chi connectivity index (χ1v) is 15.2. The fourth-order valence-corrected chi connectivity index (χ4v) is 6.95. The highest BCUT2D eigenvalue weighted by atomic mass is 15.1. The quantitative estimate of drug-likeness (QED) is 0.207. The number of hydrogen-bond acceptors (Lipinski definition) is 1. The number of fused-ring (bicyclic) bond motifs is 5. The van der Waals surface area contributed by atoms with Gasteiger partial charge in [-0.05, 0) is 56.6 Å². The molecule has 0 amide bonds. The van der Waals surface area contributed by atoms with Gasteiger partial charge in [-0.2, -0.15) is 0 Å². The predicted molar refractivity (Wildman–Crippen MR) is 187 cm³/mol. The SMILES string of the molecule is CN1c2ccccc2-c2c(-c3ccccc3)c(-c3ccccc3)c(-c3ccccc3)c(-c3ccccc3)c2-c2ccccc21. The van der Waals surface area contributed by atoms with E-state index in [-0.39, 0.29) is 0 Å². The van der Waals surface area contributed by atoms with Crippen molar-refractivity contribution in [1.29, 1.82) is 0 Å². The molecule has 1 heterocycles. The molecule has 0 N–H and O–H groups in total. The first kappa shape index (κ1) is 26.0. The van der Waals surface area contributed by atoms with E-state index in [0.717, 1.165) is 0 Å². The molecule has 0 atom stereocenters. The van der Waals surface area contributed by atoms with E-state index in [1.54, 1.807) is 0 Å². The average molecular weight is 562 g/mol. The molecule has 7 aromatic rings. The van der Waals surface area contributed by atoms with Crippen LogP contribution in [-0.2, 0) is 0 Å². The maximum atomic E-state index is 2.36. The number of para-hydroxylation sites is 2. The van der Waals surface area contributed by atoms with Crippen LogP contribution in [0.15, 0.2) is 170 Å². The monoisotopic (exact) mass is 561 g/mol. The van der Waals surface area contributed by atoms with E-state index in [0.29, 0.717) is 0 Å². The van der Waals surface area contributed by atoms with Crippen molar-refractivity contribution in [1.82, 2.24) is 0 Å². The zero-order chi connectivity index (χ0) is 29.5. The van der Waals surface area contributed by atoms with Gasteiger partial charge in [-0.1, -0.05) is 158 Å². The standard InChI is InChI=1S/C43H31N/c1-44-36-28-16-14-26-34(36)42-40(32-22-10-4-11-23-32)38(30-18-6-2-7-19-30)39(31-20-8-3-9-21-31)41(33-24-12-5-13-25-33)43(42)35-27-15-17-29-37(35)44/h2-29H,1H3. The summed E-state index contributed by atoms with van der Waals surface area (Å²) in [6, 6.07) is 61.6. The summed E-state index contributed by atoms with van der Waals surface area (Å²) < 4.78 is 0. The lowest BCUT2D eigenvalue weighted by Gasteiger charge is -2.28. The molecule has 0 saturated heterocycles. The average Bonchev–Trinajstić information content (AvgIpc) is 3.21. The molecular formula is C43H31N. The first-order chi connectivity index (χ1) is 21.8. The highest BCUT2D eigenvalue weighted by molar-refractivity contribution is 6.18. The second-order valence-electron chi connectivity index (χ2n) is 11.3. The van der Waals surface area contributed by atoms with Gasteiger partial charge in [0.25, 0.3) is 0 Å². The number of rotatable bonds is 4. The Labute approximate surface area is 259 Å². The molecule has 0 unspecified atom stereocenters. The van der Waals surface area contributed by atoms with E-state index in [4.69, 9.17) is 0 Å². The van der Waals surface area contributed by atoms with E-state index in [2.05, 4.69) is 182 Å². The number of anilines is 2. The Balaban J connectivity index is 1.72. The lowest BCUT2D eigenvalue weighted by atomic mass is 9.74. The molecule has 44 heavy (non-hydrogen) atoms. The zero-order valence-electron chi connectivity index (χ0n) is 24.6. The van der Waals surface area contributed by atoms with Crippen molar-refractivity contribution in [2.24, 2.45) is 0 Å². The molecule has 0 aliphatic carbocycles. The van der Waals surface area contributed by atoms with Gasteiger partial charge in [0.15, 0.2) is 0 Å². The molecule has 0 aromatic heterocycles. The minimum atomic E-state index is 1.20. The molecule has 7 aromatic carbocycles. The Kier molecular flexibility index (Phi) is 6.43. The van der Waals surface area contributed by atoms with Crippen LogP contribution in [0.2, 0.25) is 0 Å². The fourth-order valence-electron chi connectivity index (χ4n) is 6.95. The third kappa shape index (κ3) is 4.17. The Morgan fingerprint density at radius 3 is 0.841 bits per heavy atom. The second-order valence-corrected chi connectivity index (χ2v) is 11.3. The summed E-state index contributed by atoms with van der Waals surface area (Å²) in [6.45, 7) is 0. The van der Waals surface area contributed by atoms with Crippen LogP contribution in [0.4, 0.5) is 11.4 Å². The summed E-state index contributed by atoms with van der Waals surface area (Å²) in [5.74, 6) is 0. The Morgan fingerprint density at radius 2 is 0.523 bits per heavy atom. The minimum Gasteiger partial charge on any atom is -0.344 e. The van der Waals surface area contributed by atoms with Crippen LogP contribution in [0.25, 0.3) is 66.8 Å². The maximum Gasteiger partial charge on any atom is 0.0488 e. The zero-order valence-corrected chi connectivity index (χ0v) is 24.6. The van der Waals surface area contributed by atoms with Crippen molar-refractivity contribution in [3.8, 4) is 66.8 Å². The lowest BCUT2D eigenvalue weighted by molar-refractivity contribution is 1.22. The highest BCUT2D eigenvalue weighted by Gasteiger charge is 2.33. The van der Waals surface area contributed by atoms with Crippen molar-refractivity contribution in [2.45, 2.75) is 0 Å². The molecule has 1 aliphatic heterocycles. The summed E-state index contributed by atoms with van der Waals surface area (Å²) in [5, 5.41) is 0. The van der Waals surface area contributed by atoms with Crippen LogP contribution in [0.1, 0.15) is 0 Å². The van der Waals surface area contributed by atoms with Gasteiger partial charge in [0, 0.05) is 40.7 Å². The summed E-state index contributed by atoms with van der Waals surface area (Å²) in [5.41, 5.74) is 17.2. The molecule has 8 rings (SSSR count). The van der Waals surface area contributed by atoms with E-state index < -0.39 is 0 Å². The molecule has 0 fully saturated rings. The van der Waals surface area contributed by atoms with Crippen LogP contribution < -0.4 is 4.90 Å². The predicted octanol–water partition coefficient (Wildman–Crippen LogP) is 11.8. The topological polar surface area (TPSA) is 3.24 Å². The van der Waals surface area contributed by atoms with E-state index in [1.807, 2.05) is 0 Å². The largest absolute Gasteiger partial charge is 0.344 e. The molecule has 0 bridgehead atoms. The lowest BCUT2D eigenvalue weighted by Crippen LogP contribution is -2.10. The summed E-state index contributed by atoms with van der Waals surface area (Å²) in [7, 11) is 2.20. The van der Waals surface area contributed by atoms with E-state index in [1.165, 1.54) is 78.1 Å². The van der Waals surface area contributed by atoms with Crippen LogP contribution in [0.5, 0.6) is 0 Å². The van der Waals surface area contributed by atoms with Gasteiger partial charge in [0.1, 0.15) is 0 Å². The van der Waals surface area contributed by atoms with Gasteiger partial charge < -0.3 is 4.90 Å². The van der Waals surface area contributed by atoms with Gasteiger partial charge in [-0.3, -0.25) is 0 Å². The molecular weight excluding hydrogens is 530 g/mol. The van der Waals surface area contributed by atoms with E-state index >= 15 is 0 Å². The summed E-state index contributed by atoms with van der Waals surface area (Å²) in [6.07, 6.45) is 0. The maximum absolute atomic E-state index is 2.36. The highest BCUT2D eigenvalue weighted by Crippen LogP contribution is 2.59. The van der Waals surface area contributed by atoms with Crippen LogP contribution in [-0.4, -0.2) is 7.05 Å². The second kappa shape index (κ2) is 10.9. The van der Waals surface area contributed by atoms with Crippen LogP contribution in [0, 0.1) is 0 Å². The van der Waals surface area contributed by atoms with Crippen molar-refractivity contribution < 1.29 is 0 Å². The molecule has 208 valence electrons. The molecule has 0 saturated carbocycles. The molecule has 0 spiro atoms. The van der Waals surface area contributed by atoms with Gasteiger partial charge in [0.2, 0.25) is 0 Å². The molecule has 1 aliphatic rings. The van der Waals surface area contributed by atoms with Gasteiger partial charge in [0.05, 0.1) is 0 Å². The van der Waals surface area contributed by atoms with Gasteiger partial charge in [-0.25, -0.2) is 0 Å². The molecule has 1 heteroatoms. The summed E-state index contributed by atoms with van der Waals surface area (Å²) in [4.78, 5) is 2.36. The van der Waals surface area contributed by atoms with Crippen LogP contribution in [0.3, 0.4) is 0 Å². The number of hydrogen-bond donors (Lipinski definition) is 0. The van der Waals surface area contributed by atoms with Gasteiger partial charge >= 0.3 is 0 Å². The smallest absolute Gasteiger partial charge is 0.0488 e. The normalized spacial score (nSPS) is 11.7. The fraction of sp³-hybridized carbons (Fsp3) is 0.0233. The van der Waals surface area contributed by atoms with Crippen LogP contribution >= 0.6 is 0 Å². The number of nitrogens with zero attached hydrogens (tertiary/aromatic N) is 1. The Morgan fingerprint density at radius 1 is 0.273 bits per heavy atom. The summed E-state index contributed by atoms with van der Waals surface area (Å²) >= 11 is 0. The van der Waals surface area contributed by atoms with Crippen molar-refractivity contribution >= 4 is 11.4 Å². The van der Waals surface area contributed by atoms with Crippen molar-refractivity contribution in [2.75, 3.05) is 11.9 Å². The third-order valence-electron chi connectivity index (χ3n) is 8.82.